The highest BCUT2D eigenvalue weighted by atomic mass is 16.5. The van der Waals surface area contributed by atoms with Crippen LogP contribution in [-0.2, 0) is 11.2 Å². The van der Waals surface area contributed by atoms with E-state index in [1.807, 2.05) is 0 Å². The zero-order chi connectivity index (χ0) is 13.7. The van der Waals surface area contributed by atoms with E-state index in [0.717, 1.165) is 0 Å². The summed E-state index contributed by atoms with van der Waals surface area (Å²) in [4.78, 5) is 23.8. The molecular formula is C12H16N2O4. The summed E-state index contributed by atoms with van der Waals surface area (Å²) in [7, 11) is 4.76. The van der Waals surface area contributed by atoms with Gasteiger partial charge in [0, 0.05) is 19.7 Å². The van der Waals surface area contributed by atoms with E-state index in [9.17, 15) is 9.59 Å². The van der Waals surface area contributed by atoms with Crippen molar-refractivity contribution in [2.75, 3.05) is 26.5 Å². The molecular weight excluding hydrogens is 236 g/mol. The smallest absolute Gasteiger partial charge is 0.409 e. The summed E-state index contributed by atoms with van der Waals surface area (Å²) >= 11 is 0. The van der Waals surface area contributed by atoms with Crippen molar-refractivity contribution in [3.63, 3.8) is 0 Å². The zero-order valence-corrected chi connectivity index (χ0v) is 10.6. The van der Waals surface area contributed by atoms with Gasteiger partial charge in [0.25, 0.3) is 0 Å². The SMILES string of the molecule is COc1c(CC(=O)N(C)C)cccc1NC(=O)O. The number of likely N-dealkylation sites (N-methyl/N-ethyl adjacent to an activating group) is 1. The Kier molecular flexibility index (Phi) is 4.53. The van der Waals surface area contributed by atoms with Gasteiger partial charge in [-0.25, -0.2) is 4.79 Å². The van der Waals surface area contributed by atoms with Crippen LogP contribution in [0.1, 0.15) is 5.56 Å². The Hall–Kier alpha value is -2.24. The summed E-state index contributed by atoms with van der Waals surface area (Å²) < 4.78 is 5.16. The Morgan fingerprint density at radius 2 is 2.06 bits per heavy atom. The van der Waals surface area contributed by atoms with Gasteiger partial charge in [0.05, 0.1) is 19.2 Å². The molecule has 0 spiro atoms. The molecule has 0 heterocycles. The highest BCUT2D eigenvalue weighted by Gasteiger charge is 2.14. The molecule has 6 heteroatoms. The van der Waals surface area contributed by atoms with Crippen LogP contribution in [0.15, 0.2) is 18.2 Å². The van der Waals surface area contributed by atoms with Crippen LogP contribution in [-0.4, -0.2) is 43.2 Å². The van der Waals surface area contributed by atoms with Gasteiger partial charge in [-0.15, -0.1) is 0 Å². The van der Waals surface area contributed by atoms with Crippen LogP contribution >= 0.6 is 0 Å². The Morgan fingerprint density at radius 3 is 2.56 bits per heavy atom. The number of amides is 2. The predicted molar refractivity (Wildman–Crippen MR) is 67.0 cm³/mol. The normalized spacial score (nSPS) is 9.72. The third kappa shape index (κ3) is 3.38. The molecule has 0 atom stereocenters. The first-order chi connectivity index (χ1) is 8.45. The molecule has 0 unspecified atom stereocenters. The van der Waals surface area contributed by atoms with Crippen molar-refractivity contribution in [2.24, 2.45) is 0 Å². The molecule has 0 aromatic heterocycles. The highest BCUT2D eigenvalue weighted by molar-refractivity contribution is 5.87. The highest BCUT2D eigenvalue weighted by Crippen LogP contribution is 2.29. The lowest BCUT2D eigenvalue weighted by Gasteiger charge is -2.15. The minimum Gasteiger partial charge on any atom is -0.494 e. The third-order valence-electron chi connectivity index (χ3n) is 2.38. The topological polar surface area (TPSA) is 78.9 Å². The molecule has 18 heavy (non-hydrogen) atoms. The van der Waals surface area contributed by atoms with Crippen LogP contribution in [0.2, 0.25) is 0 Å². The number of benzene rings is 1. The van der Waals surface area contributed by atoms with Crippen LogP contribution < -0.4 is 10.1 Å². The molecule has 0 bridgehead atoms. The second-order valence-corrected chi connectivity index (χ2v) is 3.89. The molecule has 1 aromatic carbocycles. The number of rotatable bonds is 4. The van der Waals surface area contributed by atoms with Gasteiger partial charge in [0.2, 0.25) is 5.91 Å². The summed E-state index contributed by atoms with van der Waals surface area (Å²) in [5.41, 5.74) is 0.969. The van der Waals surface area contributed by atoms with Gasteiger partial charge in [0.1, 0.15) is 5.75 Å². The van der Waals surface area contributed by atoms with Gasteiger partial charge in [-0.2, -0.15) is 0 Å². The van der Waals surface area contributed by atoms with Crippen molar-refractivity contribution in [2.45, 2.75) is 6.42 Å². The van der Waals surface area contributed by atoms with Gasteiger partial charge in [-0.1, -0.05) is 12.1 Å². The molecule has 6 nitrogen and oxygen atoms in total. The fourth-order valence-corrected chi connectivity index (χ4v) is 1.50. The van der Waals surface area contributed by atoms with E-state index < -0.39 is 6.09 Å². The maximum atomic E-state index is 11.6. The van der Waals surface area contributed by atoms with E-state index >= 15 is 0 Å². The van der Waals surface area contributed by atoms with Gasteiger partial charge in [0.15, 0.2) is 0 Å². The third-order valence-corrected chi connectivity index (χ3v) is 2.38. The van der Waals surface area contributed by atoms with Crippen molar-refractivity contribution in [1.82, 2.24) is 4.90 Å². The number of para-hydroxylation sites is 1. The van der Waals surface area contributed by atoms with E-state index in [-0.39, 0.29) is 12.3 Å². The standard InChI is InChI=1S/C12H16N2O4/c1-14(2)10(15)7-8-5-4-6-9(11(8)18-3)13-12(16)17/h4-6,13H,7H2,1-3H3,(H,16,17). The van der Waals surface area contributed by atoms with Crippen molar-refractivity contribution >= 4 is 17.7 Å². The number of carbonyl (C=O) groups is 2. The van der Waals surface area contributed by atoms with E-state index in [2.05, 4.69) is 5.32 Å². The lowest BCUT2D eigenvalue weighted by atomic mass is 10.1. The Bertz CT molecular complexity index is 457. The molecule has 1 rings (SSSR count). The quantitative estimate of drug-likeness (QED) is 0.849. The molecule has 0 aliphatic heterocycles. The lowest BCUT2D eigenvalue weighted by molar-refractivity contribution is -0.127. The number of carboxylic acid groups (broad SMARTS) is 1. The number of nitrogens with one attached hydrogen (secondary N) is 1. The summed E-state index contributed by atoms with van der Waals surface area (Å²) in [5, 5.41) is 10.9. The molecule has 0 saturated heterocycles. The van der Waals surface area contributed by atoms with Crippen molar-refractivity contribution < 1.29 is 19.4 Å². The average Bonchev–Trinajstić information content (AvgIpc) is 2.28. The lowest BCUT2D eigenvalue weighted by Crippen LogP contribution is -2.23. The molecule has 0 saturated carbocycles. The van der Waals surface area contributed by atoms with Gasteiger partial charge in [-0.3, -0.25) is 10.1 Å². The predicted octanol–water partition coefficient (Wildman–Crippen LogP) is 1.42. The monoisotopic (exact) mass is 252 g/mol. The Balaban J connectivity index is 3.04. The second-order valence-electron chi connectivity index (χ2n) is 3.89. The molecule has 0 aliphatic rings. The zero-order valence-electron chi connectivity index (χ0n) is 10.6. The number of ether oxygens (including phenoxy) is 1. The first-order valence-corrected chi connectivity index (χ1v) is 5.31. The number of methoxy groups -OCH3 is 1. The minimum atomic E-state index is -1.18. The van der Waals surface area contributed by atoms with Crippen LogP contribution in [0.5, 0.6) is 5.75 Å². The molecule has 2 amide bonds. The molecule has 1 aromatic rings. The maximum Gasteiger partial charge on any atom is 0.409 e. The largest absolute Gasteiger partial charge is 0.494 e. The van der Waals surface area contributed by atoms with Crippen molar-refractivity contribution in [3.05, 3.63) is 23.8 Å². The molecule has 98 valence electrons. The molecule has 0 fully saturated rings. The van der Waals surface area contributed by atoms with E-state index in [0.29, 0.717) is 17.0 Å². The van der Waals surface area contributed by atoms with Crippen LogP contribution in [0.4, 0.5) is 10.5 Å². The van der Waals surface area contributed by atoms with Crippen LogP contribution in [0.3, 0.4) is 0 Å². The van der Waals surface area contributed by atoms with E-state index in [1.165, 1.54) is 12.0 Å². The molecule has 0 radical (unpaired) electrons. The fourth-order valence-electron chi connectivity index (χ4n) is 1.50. The van der Waals surface area contributed by atoms with Crippen molar-refractivity contribution in [1.29, 1.82) is 0 Å². The van der Waals surface area contributed by atoms with Crippen molar-refractivity contribution in [3.8, 4) is 5.75 Å². The van der Waals surface area contributed by atoms with Crippen LogP contribution in [0, 0.1) is 0 Å². The summed E-state index contributed by atoms with van der Waals surface area (Å²) in [6.45, 7) is 0. The maximum absolute atomic E-state index is 11.6. The fraction of sp³-hybridized carbons (Fsp3) is 0.333. The molecule has 2 N–H and O–H groups in total. The summed E-state index contributed by atoms with van der Waals surface area (Å²) in [6, 6.07) is 4.98. The second kappa shape index (κ2) is 5.90. The van der Waals surface area contributed by atoms with Gasteiger partial charge >= 0.3 is 6.09 Å². The molecule has 0 aliphatic carbocycles. The van der Waals surface area contributed by atoms with Gasteiger partial charge < -0.3 is 14.7 Å². The Labute approximate surface area is 105 Å². The van der Waals surface area contributed by atoms with E-state index in [1.54, 1.807) is 32.3 Å². The first-order valence-electron chi connectivity index (χ1n) is 5.31. The minimum absolute atomic E-state index is 0.0826. The number of carbonyl (C=O) groups excluding carboxylic acids is 1. The Morgan fingerprint density at radius 1 is 1.39 bits per heavy atom. The van der Waals surface area contributed by atoms with E-state index in [4.69, 9.17) is 9.84 Å². The summed E-state index contributed by atoms with van der Waals surface area (Å²) in [5.74, 6) is 0.288. The average molecular weight is 252 g/mol. The number of hydrogen-bond acceptors (Lipinski definition) is 3. The van der Waals surface area contributed by atoms with Gasteiger partial charge in [-0.05, 0) is 6.07 Å². The van der Waals surface area contributed by atoms with Crippen LogP contribution in [0.25, 0.3) is 0 Å². The summed E-state index contributed by atoms with van der Waals surface area (Å²) in [6.07, 6.45) is -1.02. The number of hydrogen-bond donors (Lipinski definition) is 2. The number of nitrogens with zero attached hydrogens (tertiary/aromatic N) is 1. The first kappa shape index (κ1) is 13.8. The number of anilines is 1.